The molecule has 55 heavy (non-hydrogen) atoms. The maximum atomic E-state index is 5.64. The molecule has 0 spiro atoms. The third kappa shape index (κ3) is 45.3. The van der Waals surface area contributed by atoms with Gasteiger partial charge < -0.3 is 25.7 Å². The van der Waals surface area contributed by atoms with Crippen molar-refractivity contribution in [1.29, 1.82) is 0 Å². The fourth-order valence-corrected chi connectivity index (χ4v) is 9.98. The standard InChI is InChI=1S/C50H106NO2Si.ClH/c1-6-8-10-12-14-16-18-20-22-24-26-28-30-32-34-36-38-40-42-44-47-51(3,49-46-50-54(52-4)53-5)48-45-43-41-39-37-35-33-31-29-27-25-23-21-19-17-15-13-11-9-7-2;/h54H,6-50H2,1-5H3;1H/q+1;/p-1. The molecule has 0 N–H and O–H groups in total. The molecule has 0 saturated heterocycles. The van der Waals surface area contributed by atoms with Gasteiger partial charge in [0.1, 0.15) is 0 Å². The first-order valence-electron chi connectivity index (χ1n) is 25.5. The molecule has 0 heterocycles. The molecule has 0 fully saturated rings. The molecule has 3 nitrogen and oxygen atoms in total. The van der Waals surface area contributed by atoms with Crippen molar-refractivity contribution in [2.24, 2.45) is 0 Å². The van der Waals surface area contributed by atoms with Crippen molar-refractivity contribution < 1.29 is 25.7 Å². The lowest BCUT2D eigenvalue weighted by Crippen LogP contribution is -3.00. The molecule has 0 aromatic heterocycles. The highest BCUT2D eigenvalue weighted by Gasteiger charge is 2.22. The first-order valence-corrected chi connectivity index (χ1v) is 27.3. The second kappa shape index (κ2) is 48.8. The average Bonchev–Trinajstić information content (AvgIpc) is 3.18. The minimum Gasteiger partial charge on any atom is -1.00 e. The second-order valence-corrected chi connectivity index (χ2v) is 20.6. The maximum Gasteiger partial charge on any atom is 0.321 e. The number of hydrogen-bond acceptors (Lipinski definition) is 2. The van der Waals surface area contributed by atoms with Crippen LogP contribution in [0.4, 0.5) is 0 Å². The van der Waals surface area contributed by atoms with Crippen LogP contribution in [-0.4, -0.2) is 54.7 Å². The van der Waals surface area contributed by atoms with E-state index >= 15 is 0 Å². The van der Waals surface area contributed by atoms with Crippen molar-refractivity contribution in [2.75, 3.05) is 40.9 Å². The van der Waals surface area contributed by atoms with E-state index in [1.807, 2.05) is 14.2 Å². The minimum atomic E-state index is -1.43. The van der Waals surface area contributed by atoms with E-state index in [1.165, 1.54) is 287 Å². The molecule has 334 valence electrons. The molecule has 0 bridgehead atoms. The Morgan fingerprint density at radius 1 is 0.291 bits per heavy atom. The molecule has 0 aliphatic carbocycles. The largest absolute Gasteiger partial charge is 1.00 e. The number of nitrogens with zero attached hydrogens (tertiary/aromatic N) is 1. The van der Waals surface area contributed by atoms with Crippen LogP contribution in [0.25, 0.3) is 0 Å². The highest BCUT2D eigenvalue weighted by Crippen LogP contribution is 2.19. The molecule has 5 heteroatoms. The van der Waals surface area contributed by atoms with Crippen LogP contribution in [0.1, 0.15) is 277 Å². The Hall–Kier alpha value is 0.387. The van der Waals surface area contributed by atoms with Crippen LogP contribution in [-0.2, 0) is 8.85 Å². The first kappa shape index (κ1) is 57.5. The van der Waals surface area contributed by atoms with Gasteiger partial charge in [0.2, 0.25) is 0 Å². The highest BCUT2D eigenvalue weighted by molar-refractivity contribution is 6.44. The molecule has 0 aliphatic heterocycles. The summed E-state index contributed by atoms with van der Waals surface area (Å²) in [4.78, 5) is 0. The lowest BCUT2D eigenvalue weighted by Gasteiger charge is -2.35. The third-order valence-corrected chi connectivity index (χ3v) is 14.7. The smallest absolute Gasteiger partial charge is 0.321 e. The van der Waals surface area contributed by atoms with Crippen molar-refractivity contribution in [3.8, 4) is 0 Å². The Balaban J connectivity index is 0. The van der Waals surface area contributed by atoms with Crippen LogP contribution in [0.5, 0.6) is 0 Å². The fourth-order valence-electron chi connectivity index (χ4n) is 8.80. The molecular formula is C50H106ClNO2Si. The van der Waals surface area contributed by atoms with Gasteiger partial charge in [-0.2, -0.15) is 0 Å². The van der Waals surface area contributed by atoms with Gasteiger partial charge in [0, 0.05) is 14.2 Å². The van der Waals surface area contributed by atoms with Crippen molar-refractivity contribution in [3.05, 3.63) is 0 Å². The predicted molar refractivity (Wildman–Crippen MR) is 247 cm³/mol. The maximum absolute atomic E-state index is 5.64. The summed E-state index contributed by atoms with van der Waals surface area (Å²) in [6.45, 7) is 8.65. The van der Waals surface area contributed by atoms with Gasteiger partial charge in [0.05, 0.1) is 26.7 Å². The van der Waals surface area contributed by atoms with E-state index in [9.17, 15) is 0 Å². The number of unbranched alkanes of at least 4 members (excludes halogenated alkanes) is 38. The van der Waals surface area contributed by atoms with Crippen LogP contribution in [0.15, 0.2) is 0 Å². The zero-order chi connectivity index (χ0) is 39.3. The highest BCUT2D eigenvalue weighted by atomic mass is 35.5. The Morgan fingerprint density at radius 3 is 0.673 bits per heavy atom. The summed E-state index contributed by atoms with van der Waals surface area (Å²) in [5, 5.41) is 0. The van der Waals surface area contributed by atoms with E-state index in [0.717, 1.165) is 6.04 Å². The molecule has 0 unspecified atom stereocenters. The van der Waals surface area contributed by atoms with E-state index in [4.69, 9.17) is 8.85 Å². The van der Waals surface area contributed by atoms with E-state index in [2.05, 4.69) is 20.9 Å². The van der Waals surface area contributed by atoms with Gasteiger partial charge in [-0.3, -0.25) is 0 Å². The van der Waals surface area contributed by atoms with Crippen molar-refractivity contribution >= 4 is 9.28 Å². The summed E-state index contributed by atoms with van der Waals surface area (Å²) < 4.78 is 12.5. The summed E-state index contributed by atoms with van der Waals surface area (Å²) in [6.07, 6.45) is 59.6. The van der Waals surface area contributed by atoms with Gasteiger partial charge in [-0.15, -0.1) is 0 Å². The van der Waals surface area contributed by atoms with Gasteiger partial charge >= 0.3 is 9.28 Å². The van der Waals surface area contributed by atoms with Crippen molar-refractivity contribution in [2.45, 2.75) is 283 Å². The molecule has 0 radical (unpaired) electrons. The monoisotopic (exact) mass is 816 g/mol. The van der Waals surface area contributed by atoms with Gasteiger partial charge in [-0.25, -0.2) is 0 Å². The summed E-state index contributed by atoms with van der Waals surface area (Å²) in [7, 11) is 4.80. The fraction of sp³-hybridized carbons (Fsp3) is 1.00. The molecule has 0 aliphatic rings. The van der Waals surface area contributed by atoms with Crippen LogP contribution < -0.4 is 12.4 Å². The molecule has 0 aromatic carbocycles. The van der Waals surface area contributed by atoms with Gasteiger partial charge in [0.15, 0.2) is 0 Å². The minimum absolute atomic E-state index is 0. The zero-order valence-electron chi connectivity index (χ0n) is 39.0. The van der Waals surface area contributed by atoms with Crippen LogP contribution in [0, 0.1) is 0 Å². The van der Waals surface area contributed by atoms with Gasteiger partial charge in [0.25, 0.3) is 0 Å². The van der Waals surface area contributed by atoms with Crippen LogP contribution >= 0.6 is 0 Å². The molecule has 0 saturated carbocycles. The second-order valence-electron chi connectivity index (χ2n) is 18.3. The van der Waals surface area contributed by atoms with Crippen LogP contribution in [0.2, 0.25) is 6.04 Å². The summed E-state index contributed by atoms with van der Waals surface area (Å²) in [5.41, 5.74) is 0. The van der Waals surface area contributed by atoms with E-state index < -0.39 is 9.28 Å². The Bertz CT molecular complexity index is 634. The lowest BCUT2D eigenvalue weighted by molar-refractivity contribution is -0.910. The van der Waals surface area contributed by atoms with E-state index in [0.29, 0.717) is 0 Å². The normalized spacial score (nSPS) is 11.9. The predicted octanol–water partition coefficient (Wildman–Crippen LogP) is 14.0. The first-order chi connectivity index (χ1) is 26.6. The van der Waals surface area contributed by atoms with Crippen molar-refractivity contribution in [3.63, 3.8) is 0 Å². The molecule has 0 atom stereocenters. The molecular weight excluding hydrogens is 710 g/mol. The SMILES string of the molecule is CCCCCCCCCCCCCCCCCCCCCC[N+](C)(CCCCCCCCCCCCCCCCCCCCCC)CCC[SiH](OC)OC.[Cl-]. The number of hydrogen-bond donors (Lipinski definition) is 0. The number of rotatable bonds is 48. The van der Waals surface area contributed by atoms with Crippen molar-refractivity contribution in [1.82, 2.24) is 0 Å². The average molecular weight is 817 g/mol. The quantitative estimate of drug-likeness (QED) is 0.0346. The molecule has 0 amide bonds. The number of halogens is 1. The van der Waals surface area contributed by atoms with E-state index in [-0.39, 0.29) is 12.4 Å². The zero-order valence-corrected chi connectivity index (χ0v) is 40.9. The van der Waals surface area contributed by atoms with Gasteiger partial charge in [-0.1, -0.05) is 245 Å². The summed E-state index contributed by atoms with van der Waals surface area (Å²) in [6, 6.07) is 1.15. The van der Waals surface area contributed by atoms with Crippen LogP contribution in [0.3, 0.4) is 0 Å². The molecule has 0 aromatic rings. The topological polar surface area (TPSA) is 18.5 Å². The summed E-state index contributed by atoms with van der Waals surface area (Å²) >= 11 is 0. The Kier molecular flexibility index (Phi) is 51.0. The summed E-state index contributed by atoms with van der Waals surface area (Å²) in [5.74, 6) is 0. The third-order valence-electron chi connectivity index (χ3n) is 12.8. The number of quaternary nitrogens is 1. The molecule has 0 rings (SSSR count). The van der Waals surface area contributed by atoms with Gasteiger partial charge in [-0.05, 0) is 38.1 Å². The van der Waals surface area contributed by atoms with E-state index in [1.54, 1.807) is 0 Å². The lowest BCUT2D eigenvalue weighted by atomic mass is 10.0. The Morgan fingerprint density at radius 2 is 0.473 bits per heavy atom. The Labute approximate surface area is 357 Å².